The van der Waals surface area contributed by atoms with Crippen LogP contribution in [-0.4, -0.2) is 39.9 Å². The van der Waals surface area contributed by atoms with Crippen molar-refractivity contribution in [3.05, 3.63) is 47.3 Å². The first-order valence-corrected chi connectivity index (χ1v) is 8.14. The number of carboxylic acid groups (broad SMARTS) is 1. The molecule has 0 saturated carbocycles. The molecule has 0 saturated heterocycles. The SMILES string of the molecule is Cc1c(C(=O)NCCc2ccc(OCC(=O)O)cc2)cnn1C(C)C. The van der Waals surface area contributed by atoms with E-state index in [0.29, 0.717) is 24.3 Å². The highest BCUT2D eigenvalue weighted by Gasteiger charge is 2.15. The lowest BCUT2D eigenvalue weighted by atomic mass is 10.1. The smallest absolute Gasteiger partial charge is 0.341 e. The molecule has 0 bridgehead atoms. The molecule has 0 spiro atoms. The van der Waals surface area contributed by atoms with E-state index >= 15 is 0 Å². The van der Waals surface area contributed by atoms with Gasteiger partial charge in [-0.05, 0) is 44.9 Å². The van der Waals surface area contributed by atoms with Gasteiger partial charge in [0.15, 0.2) is 6.61 Å². The molecule has 1 aromatic carbocycles. The van der Waals surface area contributed by atoms with Gasteiger partial charge in [-0.25, -0.2) is 4.79 Å². The zero-order valence-electron chi connectivity index (χ0n) is 14.7. The summed E-state index contributed by atoms with van der Waals surface area (Å²) in [6.45, 7) is 6.06. The lowest BCUT2D eigenvalue weighted by molar-refractivity contribution is -0.139. The van der Waals surface area contributed by atoms with E-state index in [1.54, 1.807) is 18.3 Å². The molecule has 0 radical (unpaired) electrons. The van der Waals surface area contributed by atoms with E-state index in [4.69, 9.17) is 9.84 Å². The summed E-state index contributed by atoms with van der Waals surface area (Å²) in [6, 6.07) is 7.35. The maximum Gasteiger partial charge on any atom is 0.341 e. The van der Waals surface area contributed by atoms with Gasteiger partial charge in [0.1, 0.15) is 5.75 Å². The van der Waals surface area contributed by atoms with Crippen LogP contribution in [0.5, 0.6) is 5.75 Å². The van der Waals surface area contributed by atoms with Gasteiger partial charge in [0, 0.05) is 18.3 Å². The number of amides is 1. The summed E-state index contributed by atoms with van der Waals surface area (Å²) in [5.74, 6) is -0.638. The number of ether oxygens (including phenoxy) is 1. The molecule has 0 fully saturated rings. The summed E-state index contributed by atoms with van der Waals surface area (Å²) >= 11 is 0. The Morgan fingerprint density at radius 2 is 1.96 bits per heavy atom. The van der Waals surface area contributed by atoms with Crippen LogP contribution < -0.4 is 10.1 Å². The van der Waals surface area contributed by atoms with E-state index in [1.165, 1.54) is 0 Å². The van der Waals surface area contributed by atoms with Crippen molar-refractivity contribution < 1.29 is 19.4 Å². The maximum absolute atomic E-state index is 12.3. The minimum absolute atomic E-state index is 0.134. The molecule has 0 atom stereocenters. The van der Waals surface area contributed by atoms with Gasteiger partial charge in [0.05, 0.1) is 11.8 Å². The van der Waals surface area contributed by atoms with E-state index in [2.05, 4.69) is 10.4 Å². The normalized spacial score (nSPS) is 10.7. The minimum atomic E-state index is -1.01. The number of rotatable bonds is 8. The van der Waals surface area contributed by atoms with E-state index in [-0.39, 0.29) is 18.6 Å². The monoisotopic (exact) mass is 345 g/mol. The summed E-state index contributed by atoms with van der Waals surface area (Å²) in [5.41, 5.74) is 2.47. The third kappa shape index (κ3) is 5.07. The van der Waals surface area contributed by atoms with Crippen LogP contribution in [0, 0.1) is 6.92 Å². The van der Waals surface area contributed by atoms with Gasteiger partial charge in [-0.3, -0.25) is 9.48 Å². The average molecular weight is 345 g/mol. The molecule has 2 rings (SSSR count). The summed E-state index contributed by atoms with van der Waals surface area (Å²) in [7, 11) is 0. The van der Waals surface area contributed by atoms with E-state index in [1.807, 2.05) is 37.6 Å². The fraction of sp³-hybridized carbons (Fsp3) is 0.389. The number of carboxylic acids is 1. The number of nitrogens with one attached hydrogen (secondary N) is 1. The topological polar surface area (TPSA) is 93.4 Å². The Hall–Kier alpha value is -2.83. The Kier molecular flexibility index (Phi) is 6.16. The van der Waals surface area contributed by atoms with Gasteiger partial charge in [-0.1, -0.05) is 12.1 Å². The van der Waals surface area contributed by atoms with E-state index in [0.717, 1.165) is 11.3 Å². The Morgan fingerprint density at radius 3 is 2.52 bits per heavy atom. The van der Waals surface area contributed by atoms with Crippen LogP contribution >= 0.6 is 0 Å². The van der Waals surface area contributed by atoms with Crippen LogP contribution in [0.1, 0.15) is 41.5 Å². The molecular weight excluding hydrogens is 322 g/mol. The van der Waals surface area contributed by atoms with Crippen molar-refractivity contribution in [3.63, 3.8) is 0 Å². The van der Waals surface area contributed by atoms with Crippen LogP contribution in [0.2, 0.25) is 0 Å². The number of aliphatic carboxylic acids is 1. The molecule has 1 aromatic heterocycles. The first-order chi connectivity index (χ1) is 11.9. The molecule has 7 nitrogen and oxygen atoms in total. The maximum atomic E-state index is 12.3. The quantitative estimate of drug-likeness (QED) is 0.765. The predicted molar refractivity (Wildman–Crippen MR) is 93.0 cm³/mol. The number of carbonyl (C=O) groups excluding carboxylic acids is 1. The van der Waals surface area contributed by atoms with Gasteiger partial charge < -0.3 is 15.2 Å². The van der Waals surface area contributed by atoms with Gasteiger partial charge in [0.25, 0.3) is 5.91 Å². The highest BCUT2D eigenvalue weighted by atomic mass is 16.5. The zero-order chi connectivity index (χ0) is 18.4. The first kappa shape index (κ1) is 18.5. The number of nitrogens with zero attached hydrogens (tertiary/aromatic N) is 2. The van der Waals surface area contributed by atoms with Crippen molar-refractivity contribution in [2.45, 2.75) is 33.2 Å². The minimum Gasteiger partial charge on any atom is -0.482 e. The van der Waals surface area contributed by atoms with Crippen molar-refractivity contribution in [3.8, 4) is 5.75 Å². The molecular formula is C18H23N3O4. The standard InChI is InChI=1S/C18H23N3O4/c1-12(2)21-13(3)16(10-20-21)18(24)19-9-8-14-4-6-15(7-5-14)25-11-17(22)23/h4-7,10,12H,8-9,11H2,1-3H3,(H,19,24)(H,22,23). The van der Waals surface area contributed by atoms with Crippen LogP contribution in [0.15, 0.2) is 30.5 Å². The van der Waals surface area contributed by atoms with E-state index < -0.39 is 5.97 Å². The predicted octanol–water partition coefficient (Wildman–Crippen LogP) is 2.21. The number of benzene rings is 1. The van der Waals surface area contributed by atoms with Crippen molar-refractivity contribution >= 4 is 11.9 Å². The number of hydrogen-bond donors (Lipinski definition) is 2. The molecule has 1 amide bonds. The summed E-state index contributed by atoms with van der Waals surface area (Å²) in [6.07, 6.45) is 2.27. The lowest BCUT2D eigenvalue weighted by Crippen LogP contribution is -2.26. The Morgan fingerprint density at radius 1 is 1.28 bits per heavy atom. The lowest BCUT2D eigenvalue weighted by Gasteiger charge is -2.09. The molecule has 1 heterocycles. The van der Waals surface area contributed by atoms with Gasteiger partial charge >= 0.3 is 5.97 Å². The number of aromatic nitrogens is 2. The van der Waals surface area contributed by atoms with Crippen LogP contribution in [-0.2, 0) is 11.2 Å². The third-order valence-electron chi connectivity index (χ3n) is 3.76. The molecule has 2 aromatic rings. The molecule has 2 N–H and O–H groups in total. The summed E-state index contributed by atoms with van der Waals surface area (Å²) < 4.78 is 6.90. The molecule has 0 aliphatic rings. The first-order valence-electron chi connectivity index (χ1n) is 8.14. The fourth-order valence-electron chi connectivity index (χ4n) is 2.48. The molecule has 25 heavy (non-hydrogen) atoms. The fourth-order valence-corrected chi connectivity index (χ4v) is 2.48. The van der Waals surface area contributed by atoms with Gasteiger partial charge in [0.2, 0.25) is 0 Å². The molecule has 134 valence electrons. The molecule has 0 unspecified atom stereocenters. The average Bonchev–Trinajstić information content (AvgIpc) is 2.96. The van der Waals surface area contributed by atoms with Crippen LogP contribution in [0.4, 0.5) is 0 Å². The zero-order valence-corrected chi connectivity index (χ0v) is 14.7. The summed E-state index contributed by atoms with van der Waals surface area (Å²) in [4.78, 5) is 22.7. The second kappa shape index (κ2) is 8.32. The van der Waals surface area contributed by atoms with Crippen LogP contribution in [0.25, 0.3) is 0 Å². The largest absolute Gasteiger partial charge is 0.482 e. The summed E-state index contributed by atoms with van der Waals surface area (Å²) in [5, 5.41) is 15.7. The highest BCUT2D eigenvalue weighted by molar-refractivity contribution is 5.95. The number of carbonyl (C=O) groups is 2. The second-order valence-corrected chi connectivity index (χ2v) is 6.01. The van der Waals surface area contributed by atoms with E-state index in [9.17, 15) is 9.59 Å². The Bertz CT molecular complexity index is 735. The van der Waals surface area contributed by atoms with Crippen molar-refractivity contribution in [2.75, 3.05) is 13.2 Å². The molecule has 0 aliphatic heterocycles. The highest BCUT2D eigenvalue weighted by Crippen LogP contribution is 2.14. The van der Waals surface area contributed by atoms with Crippen molar-refractivity contribution in [1.29, 1.82) is 0 Å². The second-order valence-electron chi connectivity index (χ2n) is 6.01. The van der Waals surface area contributed by atoms with Gasteiger partial charge in [-0.15, -0.1) is 0 Å². The Labute approximate surface area is 146 Å². The molecule has 7 heteroatoms. The van der Waals surface area contributed by atoms with Crippen molar-refractivity contribution in [2.24, 2.45) is 0 Å². The molecule has 0 aliphatic carbocycles. The van der Waals surface area contributed by atoms with Crippen LogP contribution in [0.3, 0.4) is 0 Å². The van der Waals surface area contributed by atoms with Crippen molar-refractivity contribution in [1.82, 2.24) is 15.1 Å². The number of hydrogen-bond acceptors (Lipinski definition) is 4. The van der Waals surface area contributed by atoms with Gasteiger partial charge in [-0.2, -0.15) is 5.10 Å². The Balaban J connectivity index is 1.84. The third-order valence-corrected chi connectivity index (χ3v) is 3.76.